The van der Waals surface area contributed by atoms with E-state index in [0.29, 0.717) is 19.3 Å². The Labute approximate surface area is 435 Å². The highest BCUT2D eigenvalue weighted by atomic mass is 16.6. The van der Waals surface area contributed by atoms with E-state index in [4.69, 9.17) is 14.2 Å². The van der Waals surface area contributed by atoms with Crippen molar-refractivity contribution < 1.29 is 28.6 Å². The molecular weight excluding hydrogens is 865 g/mol. The Kier molecular flexibility index (Phi) is 56.7. The molecule has 0 aliphatic carbocycles. The molecule has 0 amide bonds. The fourth-order valence-corrected chi connectivity index (χ4v) is 8.88. The Morgan fingerprint density at radius 2 is 0.514 bits per heavy atom. The molecule has 0 fully saturated rings. The maximum atomic E-state index is 12.9. The van der Waals surface area contributed by atoms with E-state index >= 15 is 0 Å². The average molecular weight is 982 g/mol. The van der Waals surface area contributed by atoms with Gasteiger partial charge in [0.1, 0.15) is 13.2 Å². The molecular formula is C64H116O6. The van der Waals surface area contributed by atoms with Crippen LogP contribution in [0.1, 0.15) is 323 Å². The molecule has 0 aliphatic heterocycles. The van der Waals surface area contributed by atoms with Crippen LogP contribution in [-0.2, 0) is 28.6 Å². The normalized spacial score (nSPS) is 12.3. The highest BCUT2D eigenvalue weighted by Crippen LogP contribution is 2.16. The molecule has 0 aromatic heterocycles. The van der Waals surface area contributed by atoms with E-state index in [-0.39, 0.29) is 31.1 Å². The van der Waals surface area contributed by atoms with E-state index < -0.39 is 6.10 Å². The van der Waals surface area contributed by atoms with Crippen LogP contribution in [0.25, 0.3) is 0 Å². The first kappa shape index (κ1) is 67.4. The van der Waals surface area contributed by atoms with Gasteiger partial charge in [-0.2, -0.15) is 0 Å². The third-order valence-corrected chi connectivity index (χ3v) is 13.5. The summed E-state index contributed by atoms with van der Waals surface area (Å²) in [6.07, 6.45) is 72.4. The summed E-state index contributed by atoms with van der Waals surface area (Å²) in [6, 6.07) is 0. The molecule has 0 saturated carbocycles. The second kappa shape index (κ2) is 58.9. The first-order chi connectivity index (χ1) is 34.5. The molecule has 0 unspecified atom stereocenters. The van der Waals surface area contributed by atoms with Gasteiger partial charge in [0.2, 0.25) is 0 Å². The van der Waals surface area contributed by atoms with Gasteiger partial charge >= 0.3 is 17.9 Å². The number of hydrogen-bond acceptors (Lipinski definition) is 6. The Bertz CT molecular complexity index is 1220. The lowest BCUT2D eigenvalue weighted by Gasteiger charge is -2.18. The van der Waals surface area contributed by atoms with Gasteiger partial charge in [0, 0.05) is 19.3 Å². The molecule has 0 spiro atoms. The lowest BCUT2D eigenvalue weighted by molar-refractivity contribution is -0.167. The van der Waals surface area contributed by atoms with Gasteiger partial charge in [0.15, 0.2) is 6.10 Å². The fraction of sp³-hybridized carbons (Fsp3) is 0.828. The molecule has 0 heterocycles. The van der Waals surface area contributed by atoms with Crippen LogP contribution in [0.4, 0.5) is 0 Å². The number of unbranched alkanes of at least 4 members (excludes halogenated alkanes) is 37. The van der Waals surface area contributed by atoms with E-state index in [0.717, 1.165) is 70.6 Å². The Hall–Kier alpha value is -2.63. The zero-order valence-corrected chi connectivity index (χ0v) is 46.8. The lowest BCUT2D eigenvalue weighted by Crippen LogP contribution is -2.30. The highest BCUT2D eigenvalue weighted by Gasteiger charge is 2.19. The number of hydrogen-bond donors (Lipinski definition) is 0. The van der Waals surface area contributed by atoms with Crippen molar-refractivity contribution in [1.29, 1.82) is 0 Å². The van der Waals surface area contributed by atoms with Crippen molar-refractivity contribution in [2.24, 2.45) is 0 Å². The number of rotatable bonds is 56. The van der Waals surface area contributed by atoms with E-state index in [1.54, 1.807) is 0 Å². The molecule has 0 aliphatic rings. The number of carbonyl (C=O) groups is 3. The van der Waals surface area contributed by atoms with Crippen LogP contribution < -0.4 is 0 Å². The number of esters is 3. The highest BCUT2D eigenvalue weighted by molar-refractivity contribution is 5.71. The van der Waals surface area contributed by atoms with Gasteiger partial charge < -0.3 is 14.2 Å². The minimum absolute atomic E-state index is 0.0779. The molecule has 408 valence electrons. The van der Waals surface area contributed by atoms with Crippen LogP contribution in [0, 0.1) is 0 Å². The molecule has 70 heavy (non-hydrogen) atoms. The molecule has 0 N–H and O–H groups in total. The summed E-state index contributed by atoms with van der Waals surface area (Å²) in [5.74, 6) is -0.878. The third-order valence-electron chi connectivity index (χ3n) is 13.5. The minimum Gasteiger partial charge on any atom is -0.462 e. The van der Waals surface area contributed by atoms with E-state index in [2.05, 4.69) is 69.4 Å². The first-order valence-electron chi connectivity index (χ1n) is 30.6. The summed E-state index contributed by atoms with van der Waals surface area (Å²) < 4.78 is 16.9. The van der Waals surface area contributed by atoms with Crippen LogP contribution >= 0.6 is 0 Å². The lowest BCUT2D eigenvalue weighted by atomic mass is 10.1. The second-order valence-corrected chi connectivity index (χ2v) is 20.6. The van der Waals surface area contributed by atoms with Gasteiger partial charge in [0.25, 0.3) is 0 Å². The third kappa shape index (κ3) is 56.3. The quantitative estimate of drug-likeness (QED) is 0.0261. The van der Waals surface area contributed by atoms with Crippen LogP contribution in [-0.4, -0.2) is 37.2 Å². The molecule has 0 aromatic carbocycles. The van der Waals surface area contributed by atoms with Crippen LogP contribution in [0.5, 0.6) is 0 Å². The molecule has 0 saturated heterocycles. The summed E-state index contributed by atoms with van der Waals surface area (Å²) in [4.78, 5) is 38.2. The Balaban J connectivity index is 4.36. The predicted molar refractivity (Wildman–Crippen MR) is 302 cm³/mol. The van der Waals surface area contributed by atoms with Gasteiger partial charge in [-0.05, 0) is 103 Å². The summed E-state index contributed by atoms with van der Waals surface area (Å²) in [5, 5.41) is 0. The molecule has 0 bridgehead atoms. The number of ether oxygens (including phenoxy) is 3. The average Bonchev–Trinajstić information content (AvgIpc) is 3.36. The zero-order chi connectivity index (χ0) is 50.7. The molecule has 6 nitrogen and oxygen atoms in total. The van der Waals surface area contributed by atoms with Gasteiger partial charge in [-0.25, -0.2) is 0 Å². The van der Waals surface area contributed by atoms with Crippen molar-refractivity contribution in [3.05, 3.63) is 48.6 Å². The number of carbonyl (C=O) groups excluding carboxylic acids is 3. The minimum atomic E-state index is -0.780. The van der Waals surface area contributed by atoms with Gasteiger partial charge in [0.05, 0.1) is 0 Å². The van der Waals surface area contributed by atoms with Crippen molar-refractivity contribution in [3.8, 4) is 0 Å². The smallest absolute Gasteiger partial charge is 0.306 e. The SMILES string of the molecule is CCCCC/C=C\C/C=C\CCCCCCCCCCCC(=O)OC[C@@H](COC(=O)CCCCCCC/C=C\CCCCCCC)OC(=O)CCCCCCCCC/C=C\CCCCCCCCCC. The molecule has 0 radical (unpaired) electrons. The Morgan fingerprint density at radius 3 is 0.829 bits per heavy atom. The van der Waals surface area contributed by atoms with E-state index in [1.165, 1.54) is 212 Å². The largest absolute Gasteiger partial charge is 0.462 e. The van der Waals surface area contributed by atoms with Crippen molar-refractivity contribution in [1.82, 2.24) is 0 Å². The first-order valence-corrected chi connectivity index (χ1v) is 30.6. The standard InChI is InChI=1S/C64H116O6/c1-4-7-10-13-16-19-22-25-28-30-32-34-36-39-42-45-48-51-54-57-63(66)69-60-61(59-68-62(65)56-53-50-47-44-41-38-27-24-21-18-15-12-9-6-3)70-64(67)58-55-52-49-46-43-40-37-35-33-31-29-26-23-20-17-14-11-8-5-2/h16,19,24-25,27-28,31,33,61H,4-15,17-18,20-23,26,29-30,32,34-60H2,1-3H3/b19-16-,27-24-,28-25-,33-31-/t61-/m1/s1. The van der Waals surface area contributed by atoms with Gasteiger partial charge in [-0.1, -0.05) is 249 Å². The summed E-state index contributed by atoms with van der Waals surface area (Å²) in [6.45, 7) is 6.63. The van der Waals surface area contributed by atoms with Crippen molar-refractivity contribution in [2.75, 3.05) is 13.2 Å². The molecule has 0 aromatic rings. The van der Waals surface area contributed by atoms with Crippen LogP contribution in [0.3, 0.4) is 0 Å². The van der Waals surface area contributed by atoms with E-state index in [1.807, 2.05) is 0 Å². The second-order valence-electron chi connectivity index (χ2n) is 20.6. The van der Waals surface area contributed by atoms with Crippen LogP contribution in [0.15, 0.2) is 48.6 Å². The zero-order valence-electron chi connectivity index (χ0n) is 46.8. The molecule has 1 atom stereocenters. The monoisotopic (exact) mass is 981 g/mol. The maximum absolute atomic E-state index is 12.9. The predicted octanol–water partition coefficient (Wildman–Crippen LogP) is 20.6. The van der Waals surface area contributed by atoms with Crippen molar-refractivity contribution in [2.45, 2.75) is 329 Å². The summed E-state index contributed by atoms with van der Waals surface area (Å²) >= 11 is 0. The van der Waals surface area contributed by atoms with E-state index in [9.17, 15) is 14.4 Å². The van der Waals surface area contributed by atoms with Crippen molar-refractivity contribution >= 4 is 17.9 Å². The summed E-state index contributed by atoms with van der Waals surface area (Å²) in [5.41, 5.74) is 0. The topological polar surface area (TPSA) is 78.9 Å². The van der Waals surface area contributed by atoms with Crippen LogP contribution in [0.2, 0.25) is 0 Å². The number of allylic oxidation sites excluding steroid dienone is 8. The van der Waals surface area contributed by atoms with Crippen molar-refractivity contribution in [3.63, 3.8) is 0 Å². The van der Waals surface area contributed by atoms with Gasteiger partial charge in [-0.15, -0.1) is 0 Å². The Morgan fingerprint density at radius 1 is 0.286 bits per heavy atom. The maximum Gasteiger partial charge on any atom is 0.306 e. The summed E-state index contributed by atoms with van der Waals surface area (Å²) in [7, 11) is 0. The van der Waals surface area contributed by atoms with Gasteiger partial charge in [-0.3, -0.25) is 14.4 Å². The molecule has 0 rings (SSSR count). The fourth-order valence-electron chi connectivity index (χ4n) is 8.88. The molecule has 6 heteroatoms.